The summed E-state index contributed by atoms with van der Waals surface area (Å²) < 4.78 is 17.8. The van der Waals surface area contributed by atoms with Crippen molar-refractivity contribution in [2.45, 2.75) is 32.2 Å². The second-order valence-electron chi connectivity index (χ2n) is 6.12. The summed E-state index contributed by atoms with van der Waals surface area (Å²) in [6, 6.07) is 4.67. The average Bonchev–Trinajstić information content (AvgIpc) is 2.63. The predicted octanol–water partition coefficient (Wildman–Crippen LogP) is 2.81. The van der Waals surface area contributed by atoms with Crippen LogP contribution in [0.4, 0.5) is 9.18 Å². The molecular weight excluding hydrogens is 359 g/mol. The Hall–Kier alpha value is -2.02. The lowest BCUT2D eigenvalue weighted by Crippen LogP contribution is -2.49. The number of halogens is 2. The lowest BCUT2D eigenvalue weighted by molar-refractivity contribution is 0.111. The van der Waals surface area contributed by atoms with Gasteiger partial charge in [0.05, 0.1) is 7.11 Å². The first-order valence-electron chi connectivity index (χ1n) is 8.85. The number of rotatable bonds is 5. The molecule has 0 bridgehead atoms. The largest absolute Gasteiger partial charge is 0.453 e. The number of ether oxygens (including phenoxy) is 1. The number of piperidine rings is 1. The van der Waals surface area contributed by atoms with E-state index in [1.54, 1.807) is 11.0 Å². The van der Waals surface area contributed by atoms with Crippen molar-refractivity contribution in [3.05, 3.63) is 34.6 Å². The van der Waals surface area contributed by atoms with Crippen LogP contribution >= 0.6 is 11.6 Å². The summed E-state index contributed by atoms with van der Waals surface area (Å²) in [4.78, 5) is 17.8. The predicted molar refractivity (Wildman–Crippen MR) is 101 cm³/mol. The van der Waals surface area contributed by atoms with Gasteiger partial charge < -0.3 is 20.3 Å². The number of carbonyl (C=O) groups is 1. The number of nitrogens with one attached hydrogen (secondary N) is 2. The van der Waals surface area contributed by atoms with Crippen molar-refractivity contribution in [2.75, 3.05) is 33.3 Å². The third-order valence-corrected chi connectivity index (χ3v) is 4.63. The van der Waals surface area contributed by atoms with Crippen LogP contribution in [0.2, 0.25) is 5.02 Å². The molecule has 2 rings (SSSR count). The molecule has 1 aliphatic heterocycles. The molecule has 8 heteroatoms. The van der Waals surface area contributed by atoms with Gasteiger partial charge in [-0.05, 0) is 43.9 Å². The van der Waals surface area contributed by atoms with E-state index in [1.165, 1.54) is 19.2 Å². The molecule has 0 atom stereocenters. The van der Waals surface area contributed by atoms with Crippen LogP contribution in [0, 0.1) is 5.82 Å². The summed E-state index contributed by atoms with van der Waals surface area (Å²) in [5, 5.41) is 7.06. The second-order valence-corrected chi connectivity index (χ2v) is 6.53. The quantitative estimate of drug-likeness (QED) is 0.605. The maximum absolute atomic E-state index is 13.1. The van der Waals surface area contributed by atoms with Crippen LogP contribution in [0.5, 0.6) is 0 Å². The Morgan fingerprint density at radius 1 is 1.42 bits per heavy atom. The van der Waals surface area contributed by atoms with Crippen LogP contribution in [0.3, 0.4) is 0 Å². The standard InChI is InChI=1S/C18H26ClFN4O2/c1-3-21-17(22-9-6-13-4-5-14(20)12-16(13)19)23-15-7-10-24(11-8-15)18(25)26-2/h4-5,12,15H,3,6-11H2,1-2H3,(H2,21,22,23). The lowest BCUT2D eigenvalue weighted by atomic mass is 10.1. The molecule has 0 aliphatic carbocycles. The first kappa shape index (κ1) is 20.3. The van der Waals surface area contributed by atoms with E-state index in [9.17, 15) is 9.18 Å². The molecule has 1 aliphatic rings. The van der Waals surface area contributed by atoms with E-state index in [0.29, 0.717) is 31.1 Å². The number of likely N-dealkylation sites (tertiary alicyclic amines) is 1. The number of benzene rings is 1. The molecule has 0 radical (unpaired) electrons. The van der Waals surface area contributed by atoms with E-state index in [2.05, 4.69) is 15.6 Å². The molecule has 0 saturated carbocycles. The summed E-state index contributed by atoms with van der Waals surface area (Å²) >= 11 is 6.05. The Balaban J connectivity index is 1.86. The van der Waals surface area contributed by atoms with Gasteiger partial charge in [0, 0.05) is 37.2 Å². The summed E-state index contributed by atoms with van der Waals surface area (Å²) in [5.41, 5.74) is 0.874. The number of hydrogen-bond acceptors (Lipinski definition) is 3. The van der Waals surface area contributed by atoms with E-state index >= 15 is 0 Å². The Morgan fingerprint density at radius 2 is 2.15 bits per heavy atom. The number of guanidine groups is 1. The minimum atomic E-state index is -0.337. The monoisotopic (exact) mass is 384 g/mol. The normalized spacial score (nSPS) is 15.7. The van der Waals surface area contributed by atoms with E-state index in [4.69, 9.17) is 16.3 Å². The highest BCUT2D eigenvalue weighted by Gasteiger charge is 2.23. The molecule has 2 N–H and O–H groups in total. The Bertz CT molecular complexity index is 634. The molecule has 1 aromatic carbocycles. The zero-order valence-electron chi connectivity index (χ0n) is 15.2. The van der Waals surface area contributed by atoms with Crippen LogP contribution in [0.15, 0.2) is 23.2 Å². The van der Waals surface area contributed by atoms with Crippen molar-refractivity contribution >= 4 is 23.7 Å². The van der Waals surface area contributed by atoms with Gasteiger partial charge >= 0.3 is 6.09 Å². The average molecular weight is 385 g/mol. The highest BCUT2D eigenvalue weighted by Crippen LogP contribution is 2.17. The maximum atomic E-state index is 13.1. The highest BCUT2D eigenvalue weighted by molar-refractivity contribution is 6.31. The van der Waals surface area contributed by atoms with Gasteiger partial charge in [-0.2, -0.15) is 0 Å². The molecular formula is C18H26ClFN4O2. The molecule has 0 unspecified atom stereocenters. The number of nitrogens with zero attached hydrogens (tertiary/aromatic N) is 2. The number of hydrogen-bond donors (Lipinski definition) is 2. The molecule has 26 heavy (non-hydrogen) atoms. The van der Waals surface area contributed by atoms with Crippen LogP contribution < -0.4 is 10.6 Å². The first-order valence-corrected chi connectivity index (χ1v) is 9.23. The minimum Gasteiger partial charge on any atom is -0.453 e. The maximum Gasteiger partial charge on any atom is 0.409 e. The fraction of sp³-hybridized carbons (Fsp3) is 0.556. The van der Waals surface area contributed by atoms with Crippen molar-refractivity contribution in [1.29, 1.82) is 0 Å². The molecule has 0 aromatic heterocycles. The van der Waals surface area contributed by atoms with Gasteiger partial charge in [-0.25, -0.2) is 9.18 Å². The van der Waals surface area contributed by atoms with Crippen molar-refractivity contribution in [3.63, 3.8) is 0 Å². The number of amides is 1. The van der Waals surface area contributed by atoms with Gasteiger partial charge in [0.1, 0.15) is 5.82 Å². The van der Waals surface area contributed by atoms with Gasteiger partial charge in [0.25, 0.3) is 0 Å². The summed E-state index contributed by atoms with van der Waals surface area (Å²) in [7, 11) is 1.40. The van der Waals surface area contributed by atoms with E-state index in [-0.39, 0.29) is 18.0 Å². The first-order chi connectivity index (χ1) is 12.5. The summed E-state index contributed by atoms with van der Waals surface area (Å²) in [6.07, 6.45) is 2.03. The van der Waals surface area contributed by atoms with E-state index in [0.717, 1.165) is 30.9 Å². The molecule has 6 nitrogen and oxygen atoms in total. The van der Waals surface area contributed by atoms with Crippen molar-refractivity contribution in [1.82, 2.24) is 15.5 Å². The van der Waals surface area contributed by atoms with Crippen LogP contribution in [0.25, 0.3) is 0 Å². The Morgan fingerprint density at radius 3 is 2.77 bits per heavy atom. The topological polar surface area (TPSA) is 66.0 Å². The number of aliphatic imine (C=N–C) groups is 1. The number of carbonyl (C=O) groups excluding carboxylic acids is 1. The van der Waals surface area contributed by atoms with Crippen molar-refractivity contribution in [3.8, 4) is 0 Å². The van der Waals surface area contributed by atoms with Gasteiger partial charge in [-0.3, -0.25) is 4.99 Å². The highest BCUT2D eigenvalue weighted by atomic mass is 35.5. The zero-order valence-corrected chi connectivity index (χ0v) is 16.0. The molecule has 1 fully saturated rings. The lowest BCUT2D eigenvalue weighted by Gasteiger charge is -2.32. The van der Waals surface area contributed by atoms with Crippen LogP contribution in [-0.4, -0.2) is 56.3 Å². The van der Waals surface area contributed by atoms with Gasteiger partial charge in [-0.15, -0.1) is 0 Å². The third kappa shape index (κ3) is 6.05. The van der Waals surface area contributed by atoms with Gasteiger partial charge in [-0.1, -0.05) is 17.7 Å². The van der Waals surface area contributed by atoms with Gasteiger partial charge in [0.2, 0.25) is 0 Å². The molecule has 0 spiro atoms. The number of methoxy groups -OCH3 is 1. The summed E-state index contributed by atoms with van der Waals surface area (Å²) in [6.45, 7) is 4.63. The SMILES string of the molecule is CCNC(=NCCc1ccc(F)cc1Cl)NC1CCN(C(=O)OC)CC1. The smallest absolute Gasteiger partial charge is 0.409 e. The molecule has 1 saturated heterocycles. The molecule has 1 heterocycles. The minimum absolute atomic E-state index is 0.253. The summed E-state index contributed by atoms with van der Waals surface area (Å²) in [5.74, 6) is 0.401. The fourth-order valence-corrected chi connectivity index (χ4v) is 3.12. The Labute approximate surface area is 158 Å². The molecule has 144 valence electrons. The van der Waals surface area contributed by atoms with Crippen molar-refractivity contribution in [2.24, 2.45) is 4.99 Å². The van der Waals surface area contributed by atoms with Crippen molar-refractivity contribution < 1.29 is 13.9 Å². The fourth-order valence-electron chi connectivity index (χ4n) is 2.86. The Kier molecular flexibility index (Phi) is 7.97. The van der Waals surface area contributed by atoms with Gasteiger partial charge in [0.15, 0.2) is 5.96 Å². The van der Waals surface area contributed by atoms with E-state index < -0.39 is 0 Å². The molecule has 1 amide bonds. The van der Waals surface area contributed by atoms with E-state index in [1.807, 2.05) is 6.92 Å². The van der Waals surface area contributed by atoms with Crippen LogP contribution in [0.1, 0.15) is 25.3 Å². The molecule has 1 aromatic rings. The second kappa shape index (κ2) is 10.2. The van der Waals surface area contributed by atoms with Crippen LogP contribution in [-0.2, 0) is 11.2 Å². The zero-order chi connectivity index (χ0) is 18.9. The third-order valence-electron chi connectivity index (χ3n) is 4.28.